The van der Waals surface area contributed by atoms with Gasteiger partial charge in [0.2, 0.25) is 5.90 Å². The van der Waals surface area contributed by atoms with Crippen molar-refractivity contribution in [2.75, 3.05) is 0 Å². The first-order valence-electron chi connectivity index (χ1n) is 7.43. The van der Waals surface area contributed by atoms with Gasteiger partial charge in [-0.3, -0.25) is 0 Å². The monoisotopic (exact) mass is 415 g/mol. The number of hydrogen-bond acceptors (Lipinski definition) is 3. The summed E-state index contributed by atoms with van der Waals surface area (Å²) in [6, 6.07) is 24.2. The van der Waals surface area contributed by atoms with Crippen molar-refractivity contribution < 1.29 is 13.2 Å². The van der Waals surface area contributed by atoms with E-state index in [4.69, 9.17) is 4.74 Å². The summed E-state index contributed by atoms with van der Waals surface area (Å²) in [6.07, 6.45) is 0. The lowest BCUT2D eigenvalue weighted by molar-refractivity contribution is 0.550. The third kappa shape index (κ3) is 4.55. The Morgan fingerprint density at radius 3 is 1.96 bits per heavy atom. The highest BCUT2D eigenvalue weighted by Gasteiger charge is 2.17. The highest BCUT2D eigenvalue weighted by Crippen LogP contribution is 2.19. The maximum absolute atomic E-state index is 12.6. The lowest BCUT2D eigenvalue weighted by Gasteiger charge is -2.09. The highest BCUT2D eigenvalue weighted by molar-refractivity contribution is 9.10. The van der Waals surface area contributed by atoms with E-state index in [9.17, 15) is 8.42 Å². The molecule has 25 heavy (non-hydrogen) atoms. The molecule has 0 saturated heterocycles. The molecule has 0 aliphatic rings. The van der Waals surface area contributed by atoms with Gasteiger partial charge in [0.1, 0.15) is 5.75 Å². The second-order valence-electron chi connectivity index (χ2n) is 5.11. The fourth-order valence-electron chi connectivity index (χ4n) is 2.08. The van der Waals surface area contributed by atoms with Crippen molar-refractivity contribution in [1.82, 2.24) is 0 Å². The van der Waals surface area contributed by atoms with Crippen molar-refractivity contribution in [3.63, 3.8) is 0 Å². The Bertz CT molecular complexity index is 970. The van der Waals surface area contributed by atoms with E-state index in [1.54, 1.807) is 60.7 Å². The minimum atomic E-state index is -3.90. The molecular weight excluding hydrogens is 402 g/mol. The number of ether oxygens (including phenoxy) is 1. The third-order valence-electron chi connectivity index (χ3n) is 3.29. The maximum atomic E-state index is 12.6. The molecule has 3 rings (SSSR count). The quantitative estimate of drug-likeness (QED) is 0.459. The van der Waals surface area contributed by atoms with Crippen molar-refractivity contribution in [2.45, 2.75) is 4.90 Å². The smallest absolute Gasteiger partial charge is 0.285 e. The molecule has 4 nitrogen and oxygen atoms in total. The normalized spacial score (nSPS) is 12.0. The zero-order valence-corrected chi connectivity index (χ0v) is 15.4. The lowest BCUT2D eigenvalue weighted by atomic mass is 10.2. The van der Waals surface area contributed by atoms with Gasteiger partial charge in [0.25, 0.3) is 10.0 Å². The first-order valence-corrected chi connectivity index (χ1v) is 9.67. The van der Waals surface area contributed by atoms with E-state index in [2.05, 4.69) is 20.3 Å². The average molecular weight is 416 g/mol. The van der Waals surface area contributed by atoms with Crippen LogP contribution in [0.1, 0.15) is 5.56 Å². The van der Waals surface area contributed by atoms with Gasteiger partial charge in [0, 0.05) is 10.0 Å². The summed E-state index contributed by atoms with van der Waals surface area (Å²) < 4.78 is 35.7. The van der Waals surface area contributed by atoms with E-state index >= 15 is 0 Å². The van der Waals surface area contributed by atoms with Gasteiger partial charge in [0.15, 0.2) is 0 Å². The second-order valence-corrected chi connectivity index (χ2v) is 7.63. The van der Waals surface area contributed by atoms with E-state index in [0.717, 1.165) is 4.47 Å². The second kappa shape index (κ2) is 7.63. The van der Waals surface area contributed by atoms with Crippen LogP contribution in [0.5, 0.6) is 5.75 Å². The Labute approximate surface area is 155 Å². The van der Waals surface area contributed by atoms with Gasteiger partial charge in [-0.1, -0.05) is 52.3 Å². The fraction of sp³-hybridized carbons (Fsp3) is 0. The summed E-state index contributed by atoms with van der Waals surface area (Å²) in [4.78, 5) is 0.0980. The number of halogens is 1. The molecular formula is C19H14BrNO3S. The first kappa shape index (κ1) is 17.4. The number of hydrogen-bond donors (Lipinski definition) is 0. The minimum absolute atomic E-state index is 0.0229. The van der Waals surface area contributed by atoms with Crippen molar-refractivity contribution in [3.05, 3.63) is 95.0 Å². The van der Waals surface area contributed by atoms with Crippen molar-refractivity contribution >= 4 is 31.9 Å². The molecule has 0 aromatic heterocycles. The molecule has 0 fully saturated rings. The van der Waals surface area contributed by atoms with Crippen molar-refractivity contribution in [1.29, 1.82) is 0 Å². The van der Waals surface area contributed by atoms with E-state index < -0.39 is 10.0 Å². The summed E-state index contributed by atoms with van der Waals surface area (Å²) in [5.41, 5.74) is 0.576. The zero-order valence-electron chi connectivity index (χ0n) is 13.0. The number of para-hydroxylation sites is 1. The SMILES string of the molecule is O=S(=O)(/N=C(/Oc1ccccc1)c1ccccc1)c1ccc(Br)cc1. The molecule has 0 aliphatic heterocycles. The first-order chi connectivity index (χ1) is 12.0. The van der Waals surface area contributed by atoms with Crippen LogP contribution in [0, 0.1) is 0 Å². The summed E-state index contributed by atoms with van der Waals surface area (Å²) in [7, 11) is -3.90. The largest absolute Gasteiger partial charge is 0.438 e. The topological polar surface area (TPSA) is 55.7 Å². The predicted octanol–water partition coefficient (Wildman–Crippen LogP) is 4.66. The van der Waals surface area contributed by atoms with Crippen LogP contribution in [-0.4, -0.2) is 14.3 Å². The average Bonchev–Trinajstić information content (AvgIpc) is 2.63. The Morgan fingerprint density at radius 2 is 1.36 bits per heavy atom. The molecule has 0 radical (unpaired) electrons. The summed E-state index contributed by atoms with van der Waals surface area (Å²) in [6.45, 7) is 0. The van der Waals surface area contributed by atoms with Gasteiger partial charge in [-0.2, -0.15) is 8.42 Å². The van der Waals surface area contributed by atoms with Crippen LogP contribution in [0.15, 0.2) is 98.7 Å². The Hall–Kier alpha value is -2.44. The van der Waals surface area contributed by atoms with Gasteiger partial charge in [-0.25, -0.2) is 0 Å². The minimum Gasteiger partial charge on any atom is -0.438 e. The number of sulfonamides is 1. The molecule has 0 N–H and O–H groups in total. The van der Waals surface area contributed by atoms with Crippen LogP contribution < -0.4 is 4.74 Å². The Balaban J connectivity index is 2.04. The third-order valence-corrected chi connectivity index (χ3v) is 5.10. The Morgan fingerprint density at radius 1 is 0.800 bits per heavy atom. The van der Waals surface area contributed by atoms with Crippen molar-refractivity contribution in [2.24, 2.45) is 4.40 Å². The maximum Gasteiger partial charge on any atom is 0.285 e. The van der Waals surface area contributed by atoms with Gasteiger partial charge in [-0.15, -0.1) is 4.40 Å². The number of rotatable bonds is 4. The molecule has 0 amide bonds. The molecule has 0 aliphatic carbocycles. The highest BCUT2D eigenvalue weighted by atomic mass is 79.9. The Kier molecular flexibility index (Phi) is 5.31. The van der Waals surface area contributed by atoms with E-state index in [-0.39, 0.29) is 10.8 Å². The summed E-state index contributed by atoms with van der Waals surface area (Å²) in [5, 5.41) is 0. The van der Waals surface area contributed by atoms with Crippen LogP contribution in [0.3, 0.4) is 0 Å². The summed E-state index contributed by atoms with van der Waals surface area (Å²) in [5.74, 6) is 0.533. The van der Waals surface area contributed by atoms with E-state index in [1.807, 2.05) is 12.1 Å². The molecule has 0 unspecified atom stereocenters. The summed E-state index contributed by atoms with van der Waals surface area (Å²) >= 11 is 3.29. The van der Waals surface area contributed by atoms with Crippen LogP contribution in [0.4, 0.5) is 0 Å². The lowest BCUT2D eigenvalue weighted by Crippen LogP contribution is -2.13. The molecule has 126 valence electrons. The number of nitrogens with zero attached hydrogens (tertiary/aromatic N) is 1. The van der Waals surface area contributed by atoms with Crippen LogP contribution in [0.2, 0.25) is 0 Å². The fourth-order valence-corrected chi connectivity index (χ4v) is 3.29. The molecule has 6 heteroatoms. The molecule has 0 heterocycles. The van der Waals surface area contributed by atoms with E-state index in [1.165, 1.54) is 12.1 Å². The predicted molar refractivity (Wildman–Crippen MR) is 101 cm³/mol. The van der Waals surface area contributed by atoms with Gasteiger partial charge < -0.3 is 4.74 Å². The van der Waals surface area contributed by atoms with E-state index in [0.29, 0.717) is 11.3 Å². The number of benzene rings is 3. The molecule has 0 bridgehead atoms. The molecule has 0 saturated carbocycles. The molecule has 3 aromatic carbocycles. The zero-order chi connectivity index (χ0) is 17.7. The van der Waals surface area contributed by atoms with Crippen molar-refractivity contribution in [3.8, 4) is 5.75 Å². The standard InChI is InChI=1S/C19H14BrNO3S/c20-16-11-13-18(14-12-16)25(22,23)21-19(15-7-3-1-4-8-15)24-17-9-5-2-6-10-17/h1-14H/b21-19+. The van der Waals surface area contributed by atoms with Gasteiger partial charge >= 0.3 is 0 Å². The molecule has 0 atom stereocenters. The van der Waals surface area contributed by atoms with Gasteiger partial charge in [0.05, 0.1) is 4.90 Å². The van der Waals surface area contributed by atoms with Crippen LogP contribution in [-0.2, 0) is 10.0 Å². The molecule has 3 aromatic rings. The van der Waals surface area contributed by atoms with Crippen LogP contribution in [0.25, 0.3) is 0 Å². The van der Waals surface area contributed by atoms with Crippen LogP contribution >= 0.6 is 15.9 Å². The molecule has 0 spiro atoms. The van der Waals surface area contributed by atoms with Gasteiger partial charge in [-0.05, 0) is 48.5 Å².